The Hall–Kier alpha value is -3.46. The fraction of sp³-hybridized carbons (Fsp3) is 0.211. The number of carbonyl (C=O) groups is 3. The van der Waals surface area contributed by atoms with E-state index in [9.17, 15) is 14.4 Å². The lowest BCUT2D eigenvalue weighted by Gasteiger charge is -2.11. The van der Waals surface area contributed by atoms with Gasteiger partial charge >= 0.3 is 12.0 Å². The molecule has 0 aliphatic carbocycles. The molecule has 0 spiro atoms. The Morgan fingerprint density at radius 3 is 2.24 bits per heavy atom. The highest BCUT2D eigenvalue weighted by atomic mass is 35.5. The quantitative estimate of drug-likeness (QED) is 0.659. The number of nitrogens with one attached hydrogen (secondary N) is 2. The van der Waals surface area contributed by atoms with E-state index >= 15 is 0 Å². The van der Waals surface area contributed by atoms with Crippen LogP contribution in [0.1, 0.15) is 10.4 Å². The Kier molecular flexibility index (Phi) is 7.67. The van der Waals surface area contributed by atoms with Crippen molar-refractivity contribution in [2.45, 2.75) is 0 Å². The van der Waals surface area contributed by atoms with Gasteiger partial charge in [-0.15, -0.1) is 0 Å². The third-order valence-electron chi connectivity index (χ3n) is 3.60. The number of benzene rings is 2. The first-order valence-electron chi connectivity index (χ1n) is 8.21. The van der Waals surface area contributed by atoms with Crippen molar-refractivity contribution in [2.24, 2.45) is 0 Å². The predicted octanol–water partition coefficient (Wildman–Crippen LogP) is 2.87. The number of methoxy groups -OCH3 is 3. The number of halogens is 1. The minimum Gasteiger partial charge on any atom is -0.497 e. The zero-order chi connectivity index (χ0) is 21.4. The van der Waals surface area contributed by atoms with E-state index in [1.54, 1.807) is 24.3 Å². The molecule has 10 heteroatoms. The van der Waals surface area contributed by atoms with Crippen molar-refractivity contribution in [2.75, 3.05) is 33.3 Å². The van der Waals surface area contributed by atoms with Gasteiger partial charge in [0.15, 0.2) is 18.1 Å². The summed E-state index contributed by atoms with van der Waals surface area (Å²) in [5, 5.41) is 4.65. The van der Waals surface area contributed by atoms with Gasteiger partial charge in [0.25, 0.3) is 5.91 Å². The van der Waals surface area contributed by atoms with Gasteiger partial charge in [-0.25, -0.2) is 9.59 Å². The van der Waals surface area contributed by atoms with Crippen LogP contribution in [-0.4, -0.2) is 45.8 Å². The molecule has 2 aromatic rings. The molecule has 29 heavy (non-hydrogen) atoms. The Morgan fingerprint density at radius 1 is 0.966 bits per heavy atom. The summed E-state index contributed by atoms with van der Waals surface area (Å²) in [5.74, 6) is -0.516. The maximum absolute atomic E-state index is 12.1. The smallest absolute Gasteiger partial charge is 0.338 e. The van der Waals surface area contributed by atoms with Gasteiger partial charge in [0.05, 0.1) is 31.9 Å². The van der Waals surface area contributed by atoms with Crippen LogP contribution in [0.5, 0.6) is 17.2 Å². The SMILES string of the molecule is COc1ccc(NC(=O)NC(=O)COC(=O)c2cc(Cl)c(OC)c(OC)c2)cc1. The first-order valence-corrected chi connectivity index (χ1v) is 8.59. The molecule has 9 nitrogen and oxygen atoms in total. The fourth-order valence-electron chi connectivity index (χ4n) is 2.25. The maximum Gasteiger partial charge on any atom is 0.338 e. The lowest BCUT2D eigenvalue weighted by atomic mass is 10.2. The van der Waals surface area contributed by atoms with Crippen LogP contribution < -0.4 is 24.8 Å². The molecule has 0 atom stereocenters. The summed E-state index contributed by atoms with van der Waals surface area (Å²) in [4.78, 5) is 35.8. The number of esters is 1. The Balaban J connectivity index is 1.88. The van der Waals surface area contributed by atoms with E-state index in [0.717, 1.165) is 0 Å². The molecule has 0 aromatic heterocycles. The third kappa shape index (κ3) is 6.01. The highest BCUT2D eigenvalue weighted by Gasteiger charge is 2.18. The molecule has 0 aliphatic rings. The molecular formula is C19H19ClN2O7. The zero-order valence-electron chi connectivity index (χ0n) is 15.9. The predicted molar refractivity (Wildman–Crippen MR) is 105 cm³/mol. The molecule has 154 valence electrons. The summed E-state index contributed by atoms with van der Waals surface area (Å²) in [7, 11) is 4.31. The maximum atomic E-state index is 12.1. The van der Waals surface area contributed by atoms with Crippen LogP contribution in [0.2, 0.25) is 5.02 Å². The van der Waals surface area contributed by atoms with E-state index < -0.39 is 24.5 Å². The van der Waals surface area contributed by atoms with Crippen LogP contribution in [0.4, 0.5) is 10.5 Å². The molecule has 2 rings (SSSR count). The van der Waals surface area contributed by atoms with E-state index in [4.69, 9.17) is 30.5 Å². The Bertz CT molecular complexity index is 900. The number of anilines is 1. The third-order valence-corrected chi connectivity index (χ3v) is 3.89. The van der Waals surface area contributed by atoms with Crippen molar-refractivity contribution in [1.29, 1.82) is 0 Å². The van der Waals surface area contributed by atoms with Crippen LogP contribution in [0.25, 0.3) is 0 Å². The largest absolute Gasteiger partial charge is 0.497 e. The monoisotopic (exact) mass is 422 g/mol. The fourth-order valence-corrected chi connectivity index (χ4v) is 2.54. The van der Waals surface area contributed by atoms with Crippen molar-refractivity contribution in [3.63, 3.8) is 0 Å². The van der Waals surface area contributed by atoms with Crippen molar-refractivity contribution in [3.05, 3.63) is 47.0 Å². The molecule has 3 amide bonds. The van der Waals surface area contributed by atoms with E-state index in [0.29, 0.717) is 11.4 Å². The van der Waals surface area contributed by atoms with Crippen LogP contribution in [0.3, 0.4) is 0 Å². The van der Waals surface area contributed by atoms with Gasteiger partial charge in [0, 0.05) is 5.69 Å². The molecular weight excluding hydrogens is 404 g/mol. The van der Waals surface area contributed by atoms with E-state index in [1.807, 2.05) is 5.32 Å². The van der Waals surface area contributed by atoms with Gasteiger partial charge < -0.3 is 24.3 Å². The lowest BCUT2D eigenvalue weighted by Crippen LogP contribution is -2.37. The molecule has 0 radical (unpaired) electrons. The molecule has 2 N–H and O–H groups in total. The molecule has 0 saturated heterocycles. The minimum absolute atomic E-state index is 0.0585. The number of ether oxygens (including phenoxy) is 4. The second kappa shape index (κ2) is 10.2. The van der Waals surface area contributed by atoms with Crippen molar-refractivity contribution in [1.82, 2.24) is 5.32 Å². The van der Waals surface area contributed by atoms with E-state index in [1.165, 1.54) is 33.5 Å². The number of hydrogen-bond acceptors (Lipinski definition) is 7. The van der Waals surface area contributed by atoms with Crippen LogP contribution in [-0.2, 0) is 9.53 Å². The first-order chi connectivity index (χ1) is 13.9. The second-order valence-electron chi connectivity index (χ2n) is 5.50. The van der Waals surface area contributed by atoms with Gasteiger partial charge in [-0.2, -0.15) is 0 Å². The number of urea groups is 1. The lowest BCUT2D eigenvalue weighted by molar-refractivity contribution is -0.123. The summed E-state index contributed by atoms with van der Waals surface area (Å²) >= 11 is 6.03. The standard InChI is InChI=1S/C19H19ClN2O7/c1-26-13-6-4-12(5-7-13)21-19(25)22-16(23)10-29-18(24)11-8-14(20)17(28-3)15(9-11)27-2/h4-9H,10H2,1-3H3,(H2,21,22,23,25). The highest BCUT2D eigenvalue weighted by Crippen LogP contribution is 2.36. The van der Waals surface area contributed by atoms with E-state index in [2.05, 4.69) is 5.32 Å². The van der Waals surface area contributed by atoms with Crippen LogP contribution in [0.15, 0.2) is 36.4 Å². The molecule has 0 aliphatic heterocycles. The Morgan fingerprint density at radius 2 is 1.66 bits per heavy atom. The second-order valence-corrected chi connectivity index (χ2v) is 5.91. The molecule has 0 bridgehead atoms. The average molecular weight is 423 g/mol. The minimum atomic E-state index is -0.821. The summed E-state index contributed by atoms with van der Waals surface area (Å²) in [6.45, 7) is -0.666. The number of hydrogen-bond donors (Lipinski definition) is 2. The van der Waals surface area contributed by atoms with Gasteiger partial charge in [-0.3, -0.25) is 10.1 Å². The topological polar surface area (TPSA) is 112 Å². The molecule has 0 saturated carbocycles. The summed E-state index contributed by atoms with van der Waals surface area (Å²) in [6, 6.07) is 8.40. The van der Waals surface area contributed by atoms with Gasteiger partial charge in [-0.05, 0) is 36.4 Å². The van der Waals surface area contributed by atoms with Crippen molar-refractivity contribution >= 4 is 35.2 Å². The Labute approximate surface area is 171 Å². The number of rotatable bonds is 7. The molecule has 0 fully saturated rings. The van der Waals surface area contributed by atoms with Crippen LogP contribution in [0, 0.1) is 0 Å². The summed E-state index contributed by atoms with van der Waals surface area (Å²) in [5.41, 5.74) is 0.510. The number of carbonyl (C=O) groups excluding carboxylic acids is 3. The van der Waals surface area contributed by atoms with Gasteiger partial charge in [0.1, 0.15) is 5.75 Å². The van der Waals surface area contributed by atoms with Crippen LogP contribution >= 0.6 is 11.6 Å². The van der Waals surface area contributed by atoms with Crippen molar-refractivity contribution in [3.8, 4) is 17.2 Å². The summed E-state index contributed by atoms with van der Waals surface area (Å²) in [6.07, 6.45) is 0. The molecule has 0 unspecified atom stereocenters. The summed E-state index contributed by atoms with van der Waals surface area (Å²) < 4.78 is 20.1. The molecule has 2 aromatic carbocycles. The average Bonchev–Trinajstić information content (AvgIpc) is 2.71. The highest BCUT2D eigenvalue weighted by molar-refractivity contribution is 6.32. The van der Waals surface area contributed by atoms with Gasteiger partial charge in [-0.1, -0.05) is 11.6 Å². The van der Waals surface area contributed by atoms with E-state index in [-0.39, 0.29) is 22.1 Å². The van der Waals surface area contributed by atoms with Gasteiger partial charge in [0.2, 0.25) is 0 Å². The normalized spacial score (nSPS) is 9.93. The zero-order valence-corrected chi connectivity index (χ0v) is 16.7. The number of imide groups is 1. The number of amides is 3. The first kappa shape index (κ1) is 21.8. The molecule has 0 heterocycles. The van der Waals surface area contributed by atoms with Crippen molar-refractivity contribution < 1.29 is 33.3 Å².